The van der Waals surface area contributed by atoms with E-state index in [-0.39, 0.29) is 0 Å². The maximum Gasteiger partial charge on any atom is 0.0674 e. The Hall–Kier alpha value is -1.57. The monoisotopic (exact) mass is 232 g/mol. The molecule has 0 aliphatic rings. The Labute approximate surface area is 105 Å². The summed E-state index contributed by atoms with van der Waals surface area (Å²) in [6, 6.07) is 8.22. The van der Waals surface area contributed by atoms with Crippen molar-refractivity contribution in [2.75, 3.05) is 0 Å². The van der Waals surface area contributed by atoms with E-state index in [1.165, 1.54) is 11.1 Å². The number of nitrogens with zero attached hydrogens (tertiary/aromatic N) is 2. The van der Waals surface area contributed by atoms with Crippen LogP contribution in [0.1, 0.15) is 38.8 Å². The molecule has 0 spiro atoms. The van der Waals surface area contributed by atoms with Crippen molar-refractivity contribution in [2.45, 2.75) is 41.5 Å². The molecule has 0 N–H and O–H groups in total. The van der Waals surface area contributed by atoms with E-state index < -0.39 is 0 Å². The van der Waals surface area contributed by atoms with Gasteiger partial charge in [0.05, 0.1) is 11.9 Å². The van der Waals surface area contributed by atoms with Gasteiger partial charge in [-0.2, -0.15) is 5.10 Å². The third kappa shape index (κ3) is 4.43. The molecule has 17 heavy (non-hydrogen) atoms. The molecule has 0 unspecified atom stereocenters. The molecule has 94 valence electrons. The maximum atomic E-state index is 4.26. The largest absolute Gasteiger partial charge is 0.240 e. The highest BCUT2D eigenvalue weighted by atomic mass is 15.3. The van der Waals surface area contributed by atoms with Crippen molar-refractivity contribution in [1.82, 2.24) is 9.78 Å². The molecule has 1 aromatic heterocycles. The van der Waals surface area contributed by atoms with E-state index in [2.05, 4.69) is 24.2 Å². The van der Waals surface area contributed by atoms with Crippen LogP contribution in [-0.2, 0) is 0 Å². The van der Waals surface area contributed by atoms with Crippen LogP contribution in [0.25, 0.3) is 5.69 Å². The van der Waals surface area contributed by atoms with Gasteiger partial charge in [-0.1, -0.05) is 45.9 Å². The van der Waals surface area contributed by atoms with Gasteiger partial charge in [0.1, 0.15) is 0 Å². The van der Waals surface area contributed by atoms with Crippen molar-refractivity contribution in [2.24, 2.45) is 0 Å². The van der Waals surface area contributed by atoms with Crippen LogP contribution >= 0.6 is 0 Å². The number of rotatable bonds is 1. The van der Waals surface area contributed by atoms with Crippen LogP contribution in [0.3, 0.4) is 0 Å². The molecule has 2 aromatic rings. The first-order valence-corrected chi connectivity index (χ1v) is 6.34. The van der Waals surface area contributed by atoms with Crippen molar-refractivity contribution in [1.29, 1.82) is 0 Å². The van der Waals surface area contributed by atoms with Gasteiger partial charge >= 0.3 is 0 Å². The molecule has 0 aliphatic heterocycles. The second-order valence-corrected chi connectivity index (χ2v) is 3.25. The number of para-hydroxylation sites is 1. The number of hydrogen-bond donors (Lipinski definition) is 0. The average Bonchev–Trinajstić information content (AvgIpc) is 2.81. The molecule has 1 heterocycles. The highest BCUT2D eigenvalue weighted by Gasteiger charge is 1.99. The number of hydrogen-bond acceptors (Lipinski definition) is 1. The van der Waals surface area contributed by atoms with Crippen LogP contribution in [0.5, 0.6) is 0 Å². The first-order chi connectivity index (χ1) is 8.27. The number of aryl methyl sites for hydroxylation is 2. The van der Waals surface area contributed by atoms with Crippen LogP contribution in [0.2, 0.25) is 0 Å². The summed E-state index contributed by atoms with van der Waals surface area (Å²) in [5.41, 5.74) is 3.57. The number of aromatic nitrogens is 2. The molecule has 2 nitrogen and oxygen atoms in total. The zero-order valence-corrected chi connectivity index (χ0v) is 11.9. The Kier molecular flexibility index (Phi) is 7.78. The summed E-state index contributed by atoms with van der Waals surface area (Å²) >= 11 is 0. The topological polar surface area (TPSA) is 17.8 Å². The molecule has 0 amide bonds. The lowest BCUT2D eigenvalue weighted by Gasteiger charge is -2.03. The predicted molar refractivity (Wildman–Crippen MR) is 75.7 cm³/mol. The quantitative estimate of drug-likeness (QED) is 0.705. The SMILES string of the molecule is CC.CC.Cc1cnn(-c2ccccc2C)c1. The Bertz CT molecular complexity index is 416. The molecular formula is C15H24N2. The van der Waals surface area contributed by atoms with Gasteiger partial charge in [-0.3, -0.25) is 0 Å². The van der Waals surface area contributed by atoms with Crippen LogP contribution in [0.4, 0.5) is 0 Å². The van der Waals surface area contributed by atoms with E-state index in [0.717, 1.165) is 5.69 Å². The molecule has 0 bridgehead atoms. The molecule has 2 heteroatoms. The number of benzene rings is 1. The van der Waals surface area contributed by atoms with Gasteiger partial charge in [0.2, 0.25) is 0 Å². The second kappa shape index (κ2) is 8.57. The molecule has 1 aromatic carbocycles. The zero-order valence-electron chi connectivity index (χ0n) is 11.9. The van der Waals surface area contributed by atoms with Crippen molar-refractivity contribution < 1.29 is 0 Å². The molecule has 0 aliphatic carbocycles. The normalized spacial score (nSPS) is 8.59. The minimum Gasteiger partial charge on any atom is -0.240 e. The highest BCUT2D eigenvalue weighted by Crippen LogP contribution is 2.12. The van der Waals surface area contributed by atoms with Crippen molar-refractivity contribution in [3.05, 3.63) is 47.8 Å². The smallest absolute Gasteiger partial charge is 0.0674 e. The Morgan fingerprint density at radius 1 is 0.941 bits per heavy atom. The summed E-state index contributed by atoms with van der Waals surface area (Å²) in [6.45, 7) is 12.1. The van der Waals surface area contributed by atoms with Gasteiger partial charge in [-0.05, 0) is 31.0 Å². The van der Waals surface area contributed by atoms with E-state index in [1.54, 1.807) is 0 Å². The maximum absolute atomic E-state index is 4.26. The summed E-state index contributed by atoms with van der Waals surface area (Å²) in [4.78, 5) is 0. The lowest BCUT2D eigenvalue weighted by Crippen LogP contribution is -1.96. The average molecular weight is 232 g/mol. The lowest BCUT2D eigenvalue weighted by molar-refractivity contribution is 0.872. The van der Waals surface area contributed by atoms with Crippen molar-refractivity contribution >= 4 is 0 Å². The molecular weight excluding hydrogens is 208 g/mol. The molecule has 2 rings (SSSR count). The summed E-state index contributed by atoms with van der Waals surface area (Å²) in [6.07, 6.45) is 3.90. The van der Waals surface area contributed by atoms with Crippen LogP contribution < -0.4 is 0 Å². The molecule has 0 atom stereocenters. The third-order valence-electron chi connectivity index (χ3n) is 2.07. The van der Waals surface area contributed by atoms with Crippen molar-refractivity contribution in [3.8, 4) is 5.69 Å². The van der Waals surface area contributed by atoms with Gasteiger partial charge in [0, 0.05) is 6.20 Å². The minimum atomic E-state index is 1.15. The third-order valence-corrected chi connectivity index (χ3v) is 2.07. The Morgan fingerprint density at radius 3 is 2.00 bits per heavy atom. The van der Waals surface area contributed by atoms with Gasteiger partial charge in [0.25, 0.3) is 0 Å². The molecule has 0 radical (unpaired) electrons. The van der Waals surface area contributed by atoms with Crippen LogP contribution in [0, 0.1) is 13.8 Å². The van der Waals surface area contributed by atoms with Gasteiger partial charge in [0.15, 0.2) is 0 Å². The lowest BCUT2D eigenvalue weighted by atomic mass is 10.2. The van der Waals surface area contributed by atoms with Crippen LogP contribution in [-0.4, -0.2) is 9.78 Å². The minimum absolute atomic E-state index is 1.15. The van der Waals surface area contributed by atoms with E-state index >= 15 is 0 Å². The van der Waals surface area contributed by atoms with Gasteiger partial charge in [-0.25, -0.2) is 4.68 Å². The van der Waals surface area contributed by atoms with E-state index in [4.69, 9.17) is 0 Å². The van der Waals surface area contributed by atoms with E-state index in [1.807, 2.05) is 63.8 Å². The Balaban J connectivity index is 0.000000581. The summed E-state index contributed by atoms with van der Waals surface area (Å²) in [5.74, 6) is 0. The van der Waals surface area contributed by atoms with Gasteiger partial charge in [-0.15, -0.1) is 0 Å². The highest BCUT2D eigenvalue weighted by molar-refractivity contribution is 5.39. The zero-order chi connectivity index (χ0) is 13.3. The summed E-state index contributed by atoms with van der Waals surface area (Å²) < 4.78 is 1.91. The molecule has 0 saturated heterocycles. The van der Waals surface area contributed by atoms with Gasteiger partial charge < -0.3 is 0 Å². The van der Waals surface area contributed by atoms with E-state index in [0.29, 0.717) is 0 Å². The Morgan fingerprint density at radius 2 is 1.53 bits per heavy atom. The fourth-order valence-electron chi connectivity index (χ4n) is 1.37. The van der Waals surface area contributed by atoms with Crippen LogP contribution in [0.15, 0.2) is 36.7 Å². The summed E-state index contributed by atoms with van der Waals surface area (Å²) in [5, 5.41) is 4.26. The predicted octanol–water partition coefficient (Wildman–Crippen LogP) is 4.54. The molecule has 0 saturated carbocycles. The van der Waals surface area contributed by atoms with E-state index in [9.17, 15) is 0 Å². The second-order valence-electron chi connectivity index (χ2n) is 3.25. The van der Waals surface area contributed by atoms with Crippen molar-refractivity contribution in [3.63, 3.8) is 0 Å². The molecule has 0 fully saturated rings. The first kappa shape index (κ1) is 15.4. The first-order valence-electron chi connectivity index (χ1n) is 6.34. The fourth-order valence-corrected chi connectivity index (χ4v) is 1.37. The fraction of sp³-hybridized carbons (Fsp3) is 0.400. The summed E-state index contributed by atoms with van der Waals surface area (Å²) in [7, 11) is 0. The standard InChI is InChI=1S/C11H12N2.2C2H6/c1-9-7-12-13(8-9)11-6-4-3-5-10(11)2;2*1-2/h3-8H,1-2H3;2*1-2H3.